The second-order valence-electron chi connectivity index (χ2n) is 8.14. The molecule has 2 rings (SSSR count). The minimum Gasteiger partial charge on any atom is -0.375 e. The minimum atomic E-state index is 0.400. The molecule has 1 heterocycles. The predicted octanol–water partition coefficient (Wildman–Crippen LogP) is 4.49. The summed E-state index contributed by atoms with van der Waals surface area (Å²) in [6.07, 6.45) is 6.25. The van der Waals surface area contributed by atoms with Gasteiger partial charge in [-0.05, 0) is 69.7 Å². The molecule has 2 heteroatoms. The molecule has 1 saturated heterocycles. The first-order chi connectivity index (χ1) is 9.93. The zero-order valence-electron chi connectivity index (χ0n) is 15.1. The number of nitrogens with one attached hydrogen (secondary N) is 1. The Hall–Kier alpha value is -0.0800. The van der Waals surface area contributed by atoms with Gasteiger partial charge in [0.1, 0.15) is 0 Å². The van der Waals surface area contributed by atoms with E-state index < -0.39 is 0 Å². The molecule has 7 unspecified atom stereocenters. The van der Waals surface area contributed by atoms with Crippen LogP contribution in [0.15, 0.2) is 0 Å². The van der Waals surface area contributed by atoms with Crippen molar-refractivity contribution in [2.45, 2.75) is 85.5 Å². The fourth-order valence-electron chi connectivity index (χ4n) is 5.14. The van der Waals surface area contributed by atoms with Crippen molar-refractivity contribution in [3.63, 3.8) is 0 Å². The van der Waals surface area contributed by atoms with E-state index >= 15 is 0 Å². The molecule has 2 aliphatic rings. The normalized spacial score (nSPS) is 45.7. The second-order valence-corrected chi connectivity index (χ2v) is 8.14. The molecule has 1 aliphatic carbocycles. The van der Waals surface area contributed by atoms with Crippen molar-refractivity contribution in [2.75, 3.05) is 6.54 Å². The van der Waals surface area contributed by atoms with E-state index in [0.717, 1.165) is 24.3 Å². The summed E-state index contributed by atoms with van der Waals surface area (Å²) in [4.78, 5) is 0. The van der Waals surface area contributed by atoms with Crippen LogP contribution in [0.5, 0.6) is 0 Å². The molecule has 0 aromatic carbocycles. The molecular weight excluding hydrogens is 258 g/mol. The average Bonchev–Trinajstić information content (AvgIpc) is 2.64. The van der Waals surface area contributed by atoms with Crippen LogP contribution in [-0.2, 0) is 4.74 Å². The molecule has 2 nitrogen and oxygen atoms in total. The van der Waals surface area contributed by atoms with Gasteiger partial charge in [0, 0.05) is 12.0 Å². The van der Waals surface area contributed by atoms with Crippen LogP contribution < -0.4 is 5.32 Å². The Kier molecular flexibility index (Phi) is 6.14. The Bertz CT molecular complexity index is 309. The van der Waals surface area contributed by atoms with Crippen molar-refractivity contribution in [3.05, 3.63) is 0 Å². The summed E-state index contributed by atoms with van der Waals surface area (Å²) in [6, 6.07) is 0.644. The van der Waals surface area contributed by atoms with Gasteiger partial charge in [0.2, 0.25) is 0 Å². The van der Waals surface area contributed by atoms with E-state index in [1.54, 1.807) is 0 Å². The maximum Gasteiger partial charge on any atom is 0.0597 e. The van der Waals surface area contributed by atoms with E-state index in [2.05, 4.69) is 46.9 Å². The molecule has 2 fully saturated rings. The van der Waals surface area contributed by atoms with Crippen molar-refractivity contribution < 1.29 is 4.74 Å². The predicted molar refractivity (Wildman–Crippen MR) is 90.4 cm³/mol. The number of ether oxygens (including phenoxy) is 1. The van der Waals surface area contributed by atoms with Crippen LogP contribution >= 0.6 is 0 Å². The van der Waals surface area contributed by atoms with Crippen molar-refractivity contribution >= 4 is 0 Å². The Morgan fingerprint density at radius 2 is 1.57 bits per heavy atom. The van der Waals surface area contributed by atoms with Crippen molar-refractivity contribution in [1.82, 2.24) is 5.32 Å². The molecule has 1 aliphatic heterocycles. The lowest BCUT2D eigenvalue weighted by atomic mass is 9.68. The van der Waals surface area contributed by atoms with E-state index in [9.17, 15) is 0 Å². The Morgan fingerprint density at radius 3 is 2.05 bits per heavy atom. The van der Waals surface area contributed by atoms with Gasteiger partial charge in [-0.2, -0.15) is 0 Å². The highest BCUT2D eigenvalue weighted by atomic mass is 16.5. The van der Waals surface area contributed by atoms with Crippen LogP contribution in [0.1, 0.15) is 67.2 Å². The molecule has 0 aromatic rings. The van der Waals surface area contributed by atoms with Gasteiger partial charge in [-0.1, -0.05) is 27.7 Å². The highest BCUT2D eigenvalue weighted by molar-refractivity contribution is 4.96. The Balaban J connectivity index is 2.13. The van der Waals surface area contributed by atoms with Crippen LogP contribution in [0.4, 0.5) is 0 Å². The average molecular weight is 296 g/mol. The van der Waals surface area contributed by atoms with Crippen molar-refractivity contribution in [2.24, 2.45) is 29.6 Å². The third-order valence-electron chi connectivity index (χ3n) is 6.09. The maximum absolute atomic E-state index is 6.15. The van der Waals surface area contributed by atoms with E-state index in [1.807, 2.05) is 0 Å². The quantitative estimate of drug-likeness (QED) is 0.807. The first kappa shape index (κ1) is 17.3. The standard InChI is InChI=1S/C19H37NO/c1-7-8-20-19(17-10-12(2)9-13(3)11-17)18-14(4)15(5)21-16(18)6/h12-20H,7-11H2,1-6H3. The topological polar surface area (TPSA) is 21.3 Å². The third kappa shape index (κ3) is 4.01. The molecular formula is C19H37NO. The Morgan fingerprint density at radius 1 is 0.952 bits per heavy atom. The van der Waals surface area contributed by atoms with Gasteiger partial charge in [0.05, 0.1) is 12.2 Å². The van der Waals surface area contributed by atoms with Crippen LogP contribution in [0.3, 0.4) is 0 Å². The fraction of sp³-hybridized carbons (Fsp3) is 1.00. The summed E-state index contributed by atoms with van der Waals surface area (Å²) in [5.41, 5.74) is 0. The highest BCUT2D eigenvalue weighted by Gasteiger charge is 2.45. The van der Waals surface area contributed by atoms with Gasteiger partial charge in [-0.3, -0.25) is 0 Å². The summed E-state index contributed by atoms with van der Waals surface area (Å²) in [7, 11) is 0. The molecule has 1 N–H and O–H groups in total. The molecule has 1 saturated carbocycles. The zero-order chi connectivity index (χ0) is 15.6. The van der Waals surface area contributed by atoms with Crippen LogP contribution in [0.25, 0.3) is 0 Å². The lowest BCUT2D eigenvalue weighted by Gasteiger charge is -2.41. The first-order valence-corrected chi connectivity index (χ1v) is 9.32. The number of hydrogen-bond donors (Lipinski definition) is 1. The minimum absolute atomic E-state index is 0.400. The van der Waals surface area contributed by atoms with Crippen LogP contribution in [-0.4, -0.2) is 24.8 Å². The van der Waals surface area contributed by atoms with Gasteiger partial charge in [0.25, 0.3) is 0 Å². The summed E-state index contributed by atoms with van der Waals surface area (Å²) >= 11 is 0. The summed E-state index contributed by atoms with van der Waals surface area (Å²) in [5.74, 6) is 3.94. The van der Waals surface area contributed by atoms with Gasteiger partial charge >= 0.3 is 0 Å². The van der Waals surface area contributed by atoms with Crippen molar-refractivity contribution in [3.8, 4) is 0 Å². The number of hydrogen-bond acceptors (Lipinski definition) is 2. The van der Waals surface area contributed by atoms with Gasteiger partial charge in [-0.25, -0.2) is 0 Å². The lowest BCUT2D eigenvalue weighted by Crippen LogP contribution is -2.49. The zero-order valence-corrected chi connectivity index (χ0v) is 15.1. The third-order valence-corrected chi connectivity index (χ3v) is 6.09. The smallest absolute Gasteiger partial charge is 0.0597 e. The van der Waals surface area contributed by atoms with E-state index in [1.165, 1.54) is 25.7 Å². The second kappa shape index (κ2) is 7.46. The van der Waals surface area contributed by atoms with Gasteiger partial charge in [-0.15, -0.1) is 0 Å². The summed E-state index contributed by atoms with van der Waals surface area (Å²) in [5, 5.41) is 3.92. The van der Waals surface area contributed by atoms with Gasteiger partial charge < -0.3 is 10.1 Å². The highest BCUT2D eigenvalue weighted by Crippen LogP contribution is 2.42. The summed E-state index contributed by atoms with van der Waals surface area (Å²) < 4.78 is 6.15. The SMILES string of the molecule is CCCNC(C1CC(C)CC(C)C1)C1C(C)OC(C)C1C. The molecule has 0 bridgehead atoms. The van der Waals surface area contributed by atoms with E-state index in [-0.39, 0.29) is 0 Å². The molecule has 0 aromatic heterocycles. The fourth-order valence-corrected chi connectivity index (χ4v) is 5.14. The lowest BCUT2D eigenvalue weighted by molar-refractivity contribution is 0.0398. The molecule has 21 heavy (non-hydrogen) atoms. The monoisotopic (exact) mass is 295 g/mol. The number of rotatable bonds is 5. The molecule has 7 atom stereocenters. The summed E-state index contributed by atoms with van der Waals surface area (Å²) in [6.45, 7) is 15.3. The van der Waals surface area contributed by atoms with E-state index in [0.29, 0.717) is 30.1 Å². The van der Waals surface area contributed by atoms with Crippen molar-refractivity contribution in [1.29, 1.82) is 0 Å². The van der Waals surface area contributed by atoms with Crippen LogP contribution in [0, 0.1) is 29.6 Å². The van der Waals surface area contributed by atoms with Crippen LogP contribution in [0.2, 0.25) is 0 Å². The molecule has 0 spiro atoms. The molecule has 0 amide bonds. The Labute approximate surface area is 132 Å². The van der Waals surface area contributed by atoms with E-state index in [4.69, 9.17) is 4.74 Å². The molecule has 124 valence electrons. The molecule has 0 radical (unpaired) electrons. The maximum atomic E-state index is 6.15. The van der Waals surface area contributed by atoms with Gasteiger partial charge in [0.15, 0.2) is 0 Å². The first-order valence-electron chi connectivity index (χ1n) is 9.32. The largest absolute Gasteiger partial charge is 0.375 e.